The molecule has 156 valence electrons. The van der Waals surface area contributed by atoms with Crippen LogP contribution < -0.4 is 4.74 Å². The van der Waals surface area contributed by atoms with Crippen molar-refractivity contribution in [3.63, 3.8) is 0 Å². The summed E-state index contributed by atoms with van der Waals surface area (Å²) in [5.41, 5.74) is 5.06. The third kappa shape index (κ3) is 5.96. The first-order valence-electron chi connectivity index (χ1n) is 10.7. The van der Waals surface area contributed by atoms with Gasteiger partial charge in [0.05, 0.1) is 19.3 Å². The van der Waals surface area contributed by atoms with Crippen LogP contribution in [0.4, 0.5) is 0 Å². The van der Waals surface area contributed by atoms with E-state index in [4.69, 9.17) is 9.47 Å². The average Bonchev–Trinajstić information content (AvgIpc) is 2.81. The van der Waals surface area contributed by atoms with Crippen LogP contribution in [-0.4, -0.2) is 19.7 Å². The van der Waals surface area contributed by atoms with Crippen molar-refractivity contribution in [3.05, 3.63) is 78.4 Å². The molecule has 3 aromatic carbocycles. The number of hydrogen-bond donors (Lipinski definition) is 0. The lowest BCUT2D eigenvalue weighted by atomic mass is 9.99. The zero-order valence-electron chi connectivity index (χ0n) is 17.9. The molecule has 0 radical (unpaired) electrons. The van der Waals surface area contributed by atoms with Crippen LogP contribution >= 0.6 is 0 Å². The Balaban J connectivity index is 1.57. The predicted molar refractivity (Wildman–Crippen MR) is 123 cm³/mol. The van der Waals surface area contributed by atoms with E-state index in [-0.39, 0.29) is 5.97 Å². The number of carbonyl (C=O) groups excluding carboxylic acids is 1. The van der Waals surface area contributed by atoms with E-state index in [9.17, 15) is 4.79 Å². The number of rotatable bonds is 10. The van der Waals surface area contributed by atoms with E-state index in [1.165, 1.54) is 32.8 Å². The highest BCUT2D eigenvalue weighted by Crippen LogP contribution is 2.26. The number of carbonyl (C=O) groups is 1. The smallest absolute Gasteiger partial charge is 0.337 e. The van der Waals surface area contributed by atoms with E-state index in [0.29, 0.717) is 5.56 Å². The lowest BCUT2D eigenvalue weighted by Crippen LogP contribution is -2.00. The Labute approximate surface area is 179 Å². The fraction of sp³-hybridized carbons (Fsp3) is 0.296. The first-order valence-corrected chi connectivity index (χ1v) is 10.7. The Morgan fingerprint density at radius 3 is 1.63 bits per heavy atom. The van der Waals surface area contributed by atoms with Gasteiger partial charge in [-0.05, 0) is 52.9 Å². The summed E-state index contributed by atoms with van der Waals surface area (Å²) in [5, 5.41) is 0. The van der Waals surface area contributed by atoms with Crippen molar-refractivity contribution >= 4 is 5.97 Å². The van der Waals surface area contributed by atoms with Crippen LogP contribution in [0.2, 0.25) is 0 Å². The van der Waals surface area contributed by atoms with E-state index in [1.54, 1.807) is 12.1 Å². The van der Waals surface area contributed by atoms with Gasteiger partial charge in [-0.1, -0.05) is 81.1 Å². The van der Waals surface area contributed by atoms with E-state index >= 15 is 0 Å². The van der Waals surface area contributed by atoms with Gasteiger partial charge in [-0.15, -0.1) is 0 Å². The first-order chi connectivity index (χ1) is 14.7. The van der Waals surface area contributed by atoms with E-state index in [1.807, 2.05) is 24.3 Å². The predicted octanol–water partition coefficient (Wildman–Crippen LogP) is 7.16. The average molecular weight is 403 g/mol. The molecule has 0 aliphatic heterocycles. The molecule has 0 aliphatic rings. The third-order valence-electron chi connectivity index (χ3n) is 5.23. The van der Waals surface area contributed by atoms with Crippen LogP contribution in [0.3, 0.4) is 0 Å². The molecule has 0 saturated heterocycles. The largest absolute Gasteiger partial charge is 0.494 e. The van der Waals surface area contributed by atoms with E-state index in [2.05, 4.69) is 43.3 Å². The van der Waals surface area contributed by atoms with Crippen molar-refractivity contribution in [1.82, 2.24) is 0 Å². The molecule has 0 heterocycles. The van der Waals surface area contributed by atoms with E-state index < -0.39 is 0 Å². The molecule has 30 heavy (non-hydrogen) atoms. The normalized spacial score (nSPS) is 10.6. The number of ether oxygens (including phenoxy) is 2. The minimum absolute atomic E-state index is 0.319. The van der Waals surface area contributed by atoms with Crippen LogP contribution in [0.15, 0.2) is 72.8 Å². The molecule has 3 nitrogen and oxygen atoms in total. The number of benzene rings is 3. The van der Waals surface area contributed by atoms with Gasteiger partial charge >= 0.3 is 5.97 Å². The van der Waals surface area contributed by atoms with Gasteiger partial charge in [0.1, 0.15) is 5.75 Å². The van der Waals surface area contributed by atoms with Crippen LogP contribution in [0.1, 0.15) is 49.4 Å². The minimum atomic E-state index is -0.319. The van der Waals surface area contributed by atoms with Gasteiger partial charge in [0.25, 0.3) is 0 Å². The summed E-state index contributed by atoms with van der Waals surface area (Å²) < 4.78 is 10.6. The zero-order valence-corrected chi connectivity index (χ0v) is 17.9. The number of unbranched alkanes of at least 4 members (excludes halogenated alkanes) is 4. The second-order valence-corrected chi connectivity index (χ2v) is 7.43. The molecule has 0 unspecified atom stereocenters. The van der Waals surface area contributed by atoms with Crippen molar-refractivity contribution < 1.29 is 14.3 Å². The minimum Gasteiger partial charge on any atom is -0.494 e. The summed E-state index contributed by atoms with van der Waals surface area (Å²) >= 11 is 0. The Hall–Kier alpha value is -3.07. The van der Waals surface area contributed by atoms with Gasteiger partial charge in [0, 0.05) is 0 Å². The number of hydrogen-bond acceptors (Lipinski definition) is 3. The molecule has 0 amide bonds. The lowest BCUT2D eigenvalue weighted by Gasteiger charge is -2.08. The van der Waals surface area contributed by atoms with Gasteiger partial charge in [0.2, 0.25) is 0 Å². The fourth-order valence-corrected chi connectivity index (χ4v) is 3.41. The van der Waals surface area contributed by atoms with Crippen molar-refractivity contribution in [1.29, 1.82) is 0 Å². The monoisotopic (exact) mass is 402 g/mol. The highest BCUT2D eigenvalue weighted by Gasteiger charge is 2.06. The summed E-state index contributed by atoms with van der Waals surface area (Å²) in [4.78, 5) is 11.6. The molecule has 3 heteroatoms. The highest BCUT2D eigenvalue weighted by atomic mass is 16.5. The van der Waals surface area contributed by atoms with Gasteiger partial charge in [0.15, 0.2) is 0 Å². The van der Waals surface area contributed by atoms with Crippen molar-refractivity contribution in [2.45, 2.75) is 39.0 Å². The molecule has 3 rings (SSSR count). The first kappa shape index (κ1) is 21.6. The van der Waals surface area contributed by atoms with Gasteiger partial charge in [-0.25, -0.2) is 4.79 Å². The second-order valence-electron chi connectivity index (χ2n) is 7.43. The molecule has 0 fully saturated rings. The second kappa shape index (κ2) is 11.2. The maximum Gasteiger partial charge on any atom is 0.337 e. The summed E-state index contributed by atoms with van der Waals surface area (Å²) in [6.45, 7) is 3.02. The van der Waals surface area contributed by atoms with Crippen molar-refractivity contribution in [3.8, 4) is 28.0 Å². The Bertz CT molecular complexity index is 910. The quantitative estimate of drug-likeness (QED) is 0.267. The Kier molecular flexibility index (Phi) is 8.08. The summed E-state index contributed by atoms with van der Waals surface area (Å²) in [7, 11) is 1.39. The van der Waals surface area contributed by atoms with Crippen LogP contribution in [-0.2, 0) is 4.74 Å². The molecule has 0 saturated carbocycles. The molecule has 0 spiro atoms. The SMILES string of the molecule is CCCCCCCOc1ccc(-c2ccc(-c3ccc(C(=O)OC)cc3)cc2)cc1. The Morgan fingerprint density at radius 1 is 0.667 bits per heavy atom. The number of esters is 1. The Morgan fingerprint density at radius 2 is 1.13 bits per heavy atom. The standard InChI is InChI=1S/C27H30O3/c1-3-4-5-6-7-20-30-26-18-16-24(17-19-26)22-10-8-21(9-11-22)23-12-14-25(15-13-23)27(28)29-2/h8-19H,3-7,20H2,1-2H3. The summed E-state index contributed by atoms with van der Waals surface area (Å²) in [6.07, 6.45) is 6.23. The van der Waals surface area contributed by atoms with Gasteiger partial charge < -0.3 is 9.47 Å². The fourth-order valence-electron chi connectivity index (χ4n) is 3.41. The topological polar surface area (TPSA) is 35.5 Å². The molecule has 0 N–H and O–H groups in total. The highest BCUT2D eigenvalue weighted by molar-refractivity contribution is 5.90. The molecule has 0 bridgehead atoms. The summed E-state index contributed by atoms with van der Waals surface area (Å²) in [5.74, 6) is 0.609. The molecular weight excluding hydrogens is 372 g/mol. The number of methoxy groups -OCH3 is 1. The molecule has 0 atom stereocenters. The van der Waals surface area contributed by atoms with Crippen molar-refractivity contribution in [2.75, 3.05) is 13.7 Å². The molecule has 3 aromatic rings. The lowest BCUT2D eigenvalue weighted by molar-refractivity contribution is 0.0601. The van der Waals surface area contributed by atoms with Crippen LogP contribution in [0.5, 0.6) is 5.75 Å². The zero-order chi connectivity index (χ0) is 21.2. The van der Waals surface area contributed by atoms with Gasteiger partial charge in [-0.2, -0.15) is 0 Å². The maximum absolute atomic E-state index is 11.6. The van der Waals surface area contributed by atoms with Gasteiger partial charge in [-0.3, -0.25) is 0 Å². The van der Waals surface area contributed by atoms with Crippen LogP contribution in [0, 0.1) is 0 Å². The van der Waals surface area contributed by atoms with E-state index in [0.717, 1.165) is 41.0 Å². The molecular formula is C27H30O3. The third-order valence-corrected chi connectivity index (χ3v) is 5.23. The maximum atomic E-state index is 11.6. The van der Waals surface area contributed by atoms with Crippen molar-refractivity contribution in [2.24, 2.45) is 0 Å². The molecule has 0 aliphatic carbocycles. The molecule has 0 aromatic heterocycles. The van der Waals surface area contributed by atoms with Crippen LogP contribution in [0.25, 0.3) is 22.3 Å². The summed E-state index contributed by atoms with van der Waals surface area (Å²) in [6, 6.07) is 24.2.